The Morgan fingerprint density at radius 1 is 1.00 bits per heavy atom. The van der Waals surface area contributed by atoms with E-state index in [9.17, 15) is 8.42 Å². The maximum atomic E-state index is 12.5. The van der Waals surface area contributed by atoms with Crippen molar-refractivity contribution in [1.29, 1.82) is 0 Å². The normalized spacial score (nSPS) is 19.0. The quantitative estimate of drug-likeness (QED) is 0.910. The zero-order valence-electron chi connectivity index (χ0n) is 12.3. The van der Waals surface area contributed by atoms with Crippen LogP contribution >= 0.6 is 0 Å². The lowest BCUT2D eigenvalue weighted by Gasteiger charge is -2.23. The van der Waals surface area contributed by atoms with Crippen LogP contribution in [0.3, 0.4) is 0 Å². The molecule has 0 radical (unpaired) electrons. The van der Waals surface area contributed by atoms with Gasteiger partial charge in [-0.3, -0.25) is 0 Å². The van der Waals surface area contributed by atoms with Crippen molar-refractivity contribution in [3.63, 3.8) is 0 Å². The summed E-state index contributed by atoms with van der Waals surface area (Å²) in [5.74, 6) is 0. The third-order valence-corrected chi connectivity index (χ3v) is 5.39. The lowest BCUT2D eigenvalue weighted by atomic mass is 10.1. The Balaban J connectivity index is 1.84. The van der Waals surface area contributed by atoms with E-state index in [4.69, 9.17) is 0 Å². The number of hydrogen-bond acceptors (Lipinski definition) is 3. The molecule has 1 aliphatic heterocycles. The first-order valence-electron chi connectivity index (χ1n) is 7.54. The molecule has 0 aliphatic carbocycles. The van der Waals surface area contributed by atoms with Gasteiger partial charge < -0.3 is 5.32 Å². The second-order valence-electron chi connectivity index (χ2n) is 5.56. The molecule has 22 heavy (non-hydrogen) atoms. The first-order valence-corrected chi connectivity index (χ1v) is 9.02. The molecule has 1 saturated heterocycles. The van der Waals surface area contributed by atoms with Crippen molar-refractivity contribution in [2.24, 2.45) is 0 Å². The third-order valence-electron chi connectivity index (χ3n) is 3.87. The highest BCUT2D eigenvalue weighted by Gasteiger charge is 2.21. The highest BCUT2D eigenvalue weighted by Crippen LogP contribution is 2.22. The summed E-state index contributed by atoms with van der Waals surface area (Å²) in [6.07, 6.45) is 1.88. The Labute approximate surface area is 131 Å². The standard InChI is InChI=1S/C17H20N2O2S/c20-22(21,19-16-9-5-11-18-13-16)17-10-4-8-15(12-17)14-6-2-1-3-7-14/h1-4,6-8,10,12,16,18-19H,5,9,11,13H2/t16-/m0/s1. The molecule has 1 heterocycles. The molecule has 2 N–H and O–H groups in total. The zero-order valence-corrected chi connectivity index (χ0v) is 13.1. The fourth-order valence-corrected chi connectivity index (χ4v) is 4.03. The lowest BCUT2D eigenvalue weighted by molar-refractivity contribution is 0.428. The van der Waals surface area contributed by atoms with Gasteiger partial charge in [-0.2, -0.15) is 0 Å². The molecule has 0 unspecified atom stereocenters. The minimum absolute atomic E-state index is 0.0286. The largest absolute Gasteiger partial charge is 0.315 e. The second kappa shape index (κ2) is 6.60. The molecule has 0 bridgehead atoms. The van der Waals surface area contributed by atoms with E-state index in [2.05, 4.69) is 10.0 Å². The van der Waals surface area contributed by atoms with Crippen molar-refractivity contribution in [1.82, 2.24) is 10.0 Å². The summed E-state index contributed by atoms with van der Waals surface area (Å²) in [5.41, 5.74) is 1.92. The van der Waals surface area contributed by atoms with Gasteiger partial charge in [0.1, 0.15) is 0 Å². The van der Waals surface area contributed by atoms with E-state index in [-0.39, 0.29) is 6.04 Å². The fourth-order valence-electron chi connectivity index (χ4n) is 2.71. The molecule has 2 aromatic rings. The van der Waals surface area contributed by atoms with Gasteiger partial charge in [0.2, 0.25) is 10.0 Å². The van der Waals surface area contributed by atoms with Crippen molar-refractivity contribution in [3.05, 3.63) is 54.6 Å². The molecule has 2 aromatic carbocycles. The lowest BCUT2D eigenvalue weighted by Crippen LogP contribution is -2.45. The molecule has 0 aromatic heterocycles. The van der Waals surface area contributed by atoms with Crippen molar-refractivity contribution in [3.8, 4) is 11.1 Å². The Kier molecular flexibility index (Phi) is 4.57. The summed E-state index contributed by atoms with van der Waals surface area (Å²) in [5, 5.41) is 3.22. The van der Waals surface area contributed by atoms with Gasteiger partial charge in [-0.25, -0.2) is 13.1 Å². The molecular weight excluding hydrogens is 296 g/mol. The molecule has 4 nitrogen and oxygen atoms in total. The highest BCUT2D eigenvalue weighted by molar-refractivity contribution is 7.89. The number of sulfonamides is 1. The number of rotatable bonds is 4. The SMILES string of the molecule is O=S(=O)(N[C@H]1CCCNC1)c1cccc(-c2ccccc2)c1. The van der Waals surface area contributed by atoms with Crippen LogP contribution in [0.2, 0.25) is 0 Å². The molecule has 1 atom stereocenters. The van der Waals surface area contributed by atoms with E-state index in [1.54, 1.807) is 18.2 Å². The molecule has 1 aliphatic rings. The van der Waals surface area contributed by atoms with Crippen LogP contribution in [0.25, 0.3) is 11.1 Å². The van der Waals surface area contributed by atoms with E-state index >= 15 is 0 Å². The average Bonchev–Trinajstić information content (AvgIpc) is 2.56. The predicted octanol–water partition coefficient (Wildman–Crippen LogP) is 2.38. The molecule has 0 spiro atoms. The summed E-state index contributed by atoms with van der Waals surface area (Å²) in [6.45, 7) is 1.65. The van der Waals surface area contributed by atoms with E-state index in [1.807, 2.05) is 36.4 Å². The van der Waals surface area contributed by atoms with Crippen LogP contribution in [0.15, 0.2) is 59.5 Å². The molecule has 3 rings (SSSR count). The second-order valence-corrected chi connectivity index (χ2v) is 7.27. The van der Waals surface area contributed by atoms with Gasteiger partial charge in [0.05, 0.1) is 4.90 Å². The van der Waals surface area contributed by atoms with E-state index in [0.717, 1.165) is 30.5 Å². The zero-order chi connectivity index (χ0) is 15.4. The minimum atomic E-state index is -3.48. The Morgan fingerprint density at radius 2 is 1.77 bits per heavy atom. The Morgan fingerprint density at radius 3 is 2.50 bits per heavy atom. The van der Waals surface area contributed by atoms with E-state index < -0.39 is 10.0 Å². The van der Waals surface area contributed by atoms with Crippen molar-refractivity contribution < 1.29 is 8.42 Å². The van der Waals surface area contributed by atoms with Crippen LogP contribution in [0.5, 0.6) is 0 Å². The molecule has 0 saturated carbocycles. The van der Waals surface area contributed by atoms with Crippen LogP contribution in [0.4, 0.5) is 0 Å². The van der Waals surface area contributed by atoms with Gasteiger partial charge in [0.15, 0.2) is 0 Å². The van der Waals surface area contributed by atoms with E-state index in [0.29, 0.717) is 11.4 Å². The molecule has 1 fully saturated rings. The summed E-state index contributed by atoms with van der Waals surface area (Å²) >= 11 is 0. The summed E-state index contributed by atoms with van der Waals surface area (Å²) in [6, 6.07) is 16.9. The van der Waals surface area contributed by atoms with Gasteiger partial charge in [-0.05, 0) is 42.6 Å². The van der Waals surface area contributed by atoms with Crippen LogP contribution < -0.4 is 10.0 Å². The number of piperidine rings is 1. The van der Waals surface area contributed by atoms with Crippen LogP contribution in [-0.4, -0.2) is 27.5 Å². The Hall–Kier alpha value is -1.69. The third kappa shape index (κ3) is 3.55. The van der Waals surface area contributed by atoms with Gasteiger partial charge in [0.25, 0.3) is 0 Å². The van der Waals surface area contributed by atoms with Gasteiger partial charge in [0, 0.05) is 12.6 Å². The van der Waals surface area contributed by atoms with Gasteiger partial charge in [-0.15, -0.1) is 0 Å². The van der Waals surface area contributed by atoms with Crippen molar-refractivity contribution in [2.45, 2.75) is 23.8 Å². The topological polar surface area (TPSA) is 58.2 Å². The number of benzene rings is 2. The van der Waals surface area contributed by atoms with Gasteiger partial charge >= 0.3 is 0 Å². The highest BCUT2D eigenvalue weighted by atomic mass is 32.2. The average molecular weight is 316 g/mol. The first-order chi connectivity index (χ1) is 10.6. The maximum Gasteiger partial charge on any atom is 0.240 e. The van der Waals surface area contributed by atoms with E-state index in [1.165, 1.54) is 0 Å². The maximum absolute atomic E-state index is 12.5. The Bertz CT molecular complexity index is 723. The summed E-state index contributed by atoms with van der Waals surface area (Å²) in [7, 11) is -3.48. The minimum Gasteiger partial charge on any atom is -0.315 e. The molecule has 116 valence electrons. The van der Waals surface area contributed by atoms with Crippen LogP contribution in [0, 0.1) is 0 Å². The number of hydrogen-bond donors (Lipinski definition) is 2. The molecule has 5 heteroatoms. The first kappa shape index (κ1) is 15.2. The molecule has 0 amide bonds. The smallest absolute Gasteiger partial charge is 0.240 e. The van der Waals surface area contributed by atoms with Crippen LogP contribution in [0.1, 0.15) is 12.8 Å². The predicted molar refractivity (Wildman–Crippen MR) is 88.1 cm³/mol. The van der Waals surface area contributed by atoms with Crippen molar-refractivity contribution >= 4 is 10.0 Å². The monoisotopic (exact) mass is 316 g/mol. The summed E-state index contributed by atoms with van der Waals surface area (Å²) < 4.78 is 27.9. The molecular formula is C17H20N2O2S. The summed E-state index contributed by atoms with van der Waals surface area (Å²) in [4.78, 5) is 0.319. The number of nitrogens with one attached hydrogen (secondary N) is 2. The van der Waals surface area contributed by atoms with Crippen molar-refractivity contribution in [2.75, 3.05) is 13.1 Å². The van der Waals surface area contributed by atoms with Crippen LogP contribution in [-0.2, 0) is 10.0 Å². The van der Waals surface area contributed by atoms with Gasteiger partial charge in [-0.1, -0.05) is 42.5 Å². The fraction of sp³-hybridized carbons (Fsp3) is 0.294.